The van der Waals surface area contributed by atoms with E-state index in [1.807, 2.05) is 0 Å². The Morgan fingerprint density at radius 2 is 0.810 bits per heavy atom. The Bertz CT molecular complexity index is 1570. The van der Waals surface area contributed by atoms with Gasteiger partial charge in [-0.05, 0) is 109 Å². The SMILES string of the molecule is CCC1=C(CC)c2nc1c(CC)c1[nH]c(cc3nc(cc4[nH]c(c2CC)c(CC)c4CC)C=C3)c(CC)c1CC.[Pt].[Pt]. The van der Waals surface area contributed by atoms with Crippen molar-refractivity contribution in [1.29, 1.82) is 0 Å². The predicted molar refractivity (Wildman–Crippen MR) is 174 cm³/mol. The summed E-state index contributed by atoms with van der Waals surface area (Å²) >= 11 is 0. The number of aromatic nitrogens is 4. The molecular formula is C36H46N4Pt2. The van der Waals surface area contributed by atoms with Crippen LogP contribution in [-0.4, -0.2) is 19.9 Å². The number of hydrogen-bond acceptors (Lipinski definition) is 2. The van der Waals surface area contributed by atoms with Gasteiger partial charge in [-0.15, -0.1) is 0 Å². The fourth-order valence-corrected chi connectivity index (χ4v) is 7.12. The van der Waals surface area contributed by atoms with Crippen LogP contribution in [-0.2, 0) is 80.7 Å². The quantitative estimate of drug-likeness (QED) is 0.185. The minimum atomic E-state index is 0. The minimum Gasteiger partial charge on any atom is -0.355 e. The number of rotatable bonds is 8. The fourth-order valence-electron chi connectivity index (χ4n) is 7.12. The average Bonchev–Trinajstić information content (AvgIpc) is 3.73. The topological polar surface area (TPSA) is 57.4 Å². The number of nitrogens with one attached hydrogen (secondary N) is 2. The van der Waals surface area contributed by atoms with Gasteiger partial charge in [-0.25, -0.2) is 9.97 Å². The van der Waals surface area contributed by atoms with Crippen LogP contribution in [0.3, 0.4) is 0 Å². The van der Waals surface area contributed by atoms with Gasteiger partial charge in [0.1, 0.15) is 0 Å². The van der Waals surface area contributed by atoms with Gasteiger partial charge in [-0.3, -0.25) is 0 Å². The molecule has 0 radical (unpaired) electrons. The number of allylic oxidation sites excluding steroid dienone is 2. The number of aromatic amines is 2. The van der Waals surface area contributed by atoms with Crippen LogP contribution in [0.5, 0.6) is 0 Å². The largest absolute Gasteiger partial charge is 0.355 e. The van der Waals surface area contributed by atoms with Crippen LogP contribution < -0.4 is 0 Å². The third kappa shape index (κ3) is 5.76. The van der Waals surface area contributed by atoms with Crippen molar-refractivity contribution in [3.63, 3.8) is 0 Å². The maximum atomic E-state index is 5.58. The van der Waals surface area contributed by atoms with Gasteiger partial charge in [0.15, 0.2) is 0 Å². The number of aryl methyl sites for hydroxylation is 6. The van der Waals surface area contributed by atoms with E-state index in [9.17, 15) is 0 Å². The Balaban J connectivity index is 0.00000242. The van der Waals surface area contributed by atoms with Gasteiger partial charge in [0.25, 0.3) is 0 Å². The molecule has 3 aromatic heterocycles. The average molecular weight is 925 g/mol. The zero-order chi connectivity index (χ0) is 28.6. The smallest absolute Gasteiger partial charge is 0.0725 e. The van der Waals surface area contributed by atoms with E-state index in [1.54, 1.807) is 0 Å². The predicted octanol–water partition coefficient (Wildman–Crippen LogP) is 9.59. The second kappa shape index (κ2) is 14.6. The normalized spacial score (nSPS) is 12.5. The van der Waals surface area contributed by atoms with Gasteiger partial charge in [0.05, 0.1) is 22.8 Å². The third-order valence-corrected chi connectivity index (χ3v) is 8.93. The molecule has 42 heavy (non-hydrogen) atoms. The summed E-state index contributed by atoms with van der Waals surface area (Å²) in [5, 5.41) is 0. The molecule has 6 heteroatoms. The molecule has 8 bridgehead atoms. The first kappa shape index (κ1) is 34.5. The molecular weight excluding hydrogens is 879 g/mol. The molecule has 2 aliphatic rings. The van der Waals surface area contributed by atoms with Crippen molar-refractivity contribution in [3.8, 4) is 0 Å². The molecule has 0 saturated carbocycles. The fraction of sp³-hybridized carbons (Fsp3) is 0.444. The Kier molecular flexibility index (Phi) is 12.0. The van der Waals surface area contributed by atoms with Crippen molar-refractivity contribution in [2.24, 2.45) is 0 Å². The minimum absolute atomic E-state index is 0. The van der Waals surface area contributed by atoms with Crippen LogP contribution in [0.25, 0.3) is 45.4 Å². The van der Waals surface area contributed by atoms with Crippen LogP contribution in [0.15, 0.2) is 12.1 Å². The van der Waals surface area contributed by atoms with Crippen LogP contribution in [0.4, 0.5) is 0 Å². The number of H-pyrrole nitrogens is 2. The monoisotopic (exact) mass is 924 g/mol. The summed E-state index contributed by atoms with van der Waals surface area (Å²) in [4.78, 5) is 18.4. The molecule has 0 aliphatic carbocycles. The van der Waals surface area contributed by atoms with Gasteiger partial charge in [-0.1, -0.05) is 55.4 Å². The van der Waals surface area contributed by atoms with E-state index in [1.165, 1.54) is 78.0 Å². The first-order valence-corrected chi connectivity index (χ1v) is 15.7. The van der Waals surface area contributed by atoms with Gasteiger partial charge < -0.3 is 9.97 Å². The maximum absolute atomic E-state index is 5.58. The molecule has 2 N–H and O–H groups in total. The molecule has 0 fully saturated rings. The van der Waals surface area contributed by atoms with Crippen LogP contribution in [0, 0.1) is 0 Å². The number of fused-ring (bicyclic) bond motifs is 8. The van der Waals surface area contributed by atoms with Crippen LogP contribution in [0.1, 0.15) is 124 Å². The van der Waals surface area contributed by atoms with E-state index in [-0.39, 0.29) is 42.1 Å². The Morgan fingerprint density at radius 1 is 0.452 bits per heavy atom. The van der Waals surface area contributed by atoms with E-state index in [0.717, 1.165) is 62.8 Å². The molecule has 0 saturated heterocycles. The Labute approximate surface area is 280 Å². The number of nitrogens with zero attached hydrogens (tertiary/aromatic N) is 2. The van der Waals surface area contributed by atoms with E-state index >= 15 is 0 Å². The molecule has 0 aromatic carbocycles. The molecule has 3 aromatic rings. The summed E-state index contributed by atoms with van der Waals surface area (Å²) in [5.41, 5.74) is 20.4. The summed E-state index contributed by atoms with van der Waals surface area (Å²) in [6.07, 6.45) is 12.1. The van der Waals surface area contributed by atoms with Crippen molar-refractivity contribution in [2.45, 2.75) is 107 Å². The molecule has 0 unspecified atom stereocenters. The summed E-state index contributed by atoms with van der Waals surface area (Å²) in [6, 6.07) is 4.47. The van der Waals surface area contributed by atoms with Crippen molar-refractivity contribution in [2.75, 3.05) is 0 Å². The first-order chi connectivity index (χ1) is 19.5. The zero-order valence-corrected chi connectivity index (χ0v) is 31.0. The van der Waals surface area contributed by atoms with E-state index in [0.29, 0.717) is 0 Å². The molecule has 2 aliphatic heterocycles. The summed E-state index contributed by atoms with van der Waals surface area (Å²) in [6.45, 7) is 18.3. The van der Waals surface area contributed by atoms with Crippen molar-refractivity contribution >= 4 is 45.4 Å². The second-order valence-electron chi connectivity index (χ2n) is 10.9. The molecule has 0 spiro atoms. The van der Waals surface area contributed by atoms with Gasteiger partial charge in [0, 0.05) is 75.3 Å². The van der Waals surface area contributed by atoms with Crippen molar-refractivity contribution in [3.05, 3.63) is 68.3 Å². The summed E-state index contributed by atoms with van der Waals surface area (Å²) < 4.78 is 0. The number of hydrogen-bond donors (Lipinski definition) is 2. The van der Waals surface area contributed by atoms with Gasteiger partial charge >= 0.3 is 0 Å². The second-order valence-corrected chi connectivity index (χ2v) is 10.9. The Hall–Kier alpha value is -2.02. The van der Waals surface area contributed by atoms with E-state index < -0.39 is 0 Å². The van der Waals surface area contributed by atoms with Crippen LogP contribution in [0.2, 0.25) is 0 Å². The summed E-state index contributed by atoms with van der Waals surface area (Å²) in [5.74, 6) is 0. The van der Waals surface area contributed by atoms with E-state index in [4.69, 9.17) is 9.97 Å². The van der Waals surface area contributed by atoms with Crippen molar-refractivity contribution < 1.29 is 42.1 Å². The summed E-state index contributed by atoms with van der Waals surface area (Å²) in [7, 11) is 0. The van der Waals surface area contributed by atoms with E-state index in [2.05, 4.69) is 89.6 Å². The van der Waals surface area contributed by atoms with Crippen molar-refractivity contribution in [1.82, 2.24) is 19.9 Å². The Morgan fingerprint density at radius 3 is 1.12 bits per heavy atom. The first-order valence-electron chi connectivity index (χ1n) is 15.7. The molecule has 5 rings (SSSR count). The molecule has 230 valence electrons. The molecule has 0 amide bonds. The zero-order valence-electron chi connectivity index (χ0n) is 26.5. The van der Waals surface area contributed by atoms with Gasteiger partial charge in [-0.2, -0.15) is 0 Å². The maximum Gasteiger partial charge on any atom is 0.0725 e. The van der Waals surface area contributed by atoms with Crippen LogP contribution >= 0.6 is 0 Å². The standard InChI is InChI=1S/C36H46N4.2Pt/c1-9-23-25(11-3)33-29(15-7)35-27(13-5)28(14-6)36(40-35)30(16-8)34-26(12-4)24(10-2)32(39-34)20-22-18-17-21(37-22)19-31(23)38-33;;/h17-20,38-39H,9-16H2,1-8H3;;. The van der Waals surface area contributed by atoms with Gasteiger partial charge in [0.2, 0.25) is 0 Å². The molecule has 5 heterocycles. The molecule has 0 atom stereocenters. The third-order valence-electron chi connectivity index (χ3n) is 8.93. The molecule has 4 nitrogen and oxygen atoms in total.